The Labute approximate surface area is 112 Å². The lowest BCUT2D eigenvalue weighted by atomic mass is 9.51. The SMILES string of the molecule is CCC1(C(C)C)CC(C2CC=C3C=CC=C3C2)C1. The zero-order chi connectivity index (χ0) is 12.8. The van der Waals surface area contributed by atoms with E-state index in [1.54, 1.807) is 5.57 Å². The molecule has 0 heterocycles. The minimum absolute atomic E-state index is 0.678. The van der Waals surface area contributed by atoms with Gasteiger partial charge < -0.3 is 0 Å². The quantitative estimate of drug-likeness (QED) is 0.631. The van der Waals surface area contributed by atoms with Crippen LogP contribution in [0.4, 0.5) is 0 Å². The second-order valence-electron chi connectivity index (χ2n) is 6.95. The van der Waals surface area contributed by atoms with Crippen LogP contribution in [0.25, 0.3) is 0 Å². The number of hydrogen-bond acceptors (Lipinski definition) is 0. The first-order valence-electron chi connectivity index (χ1n) is 7.72. The van der Waals surface area contributed by atoms with Gasteiger partial charge in [-0.2, -0.15) is 0 Å². The van der Waals surface area contributed by atoms with Crippen molar-refractivity contribution < 1.29 is 0 Å². The normalized spacial score (nSPS) is 38.2. The molecular formula is C18H26. The predicted molar refractivity (Wildman–Crippen MR) is 78.3 cm³/mol. The summed E-state index contributed by atoms with van der Waals surface area (Å²) in [5.74, 6) is 2.78. The number of hydrogen-bond donors (Lipinski definition) is 0. The smallest absolute Gasteiger partial charge is 0.0239 e. The van der Waals surface area contributed by atoms with E-state index in [-0.39, 0.29) is 0 Å². The average Bonchev–Trinajstić information content (AvgIpc) is 2.75. The zero-order valence-electron chi connectivity index (χ0n) is 12.1. The molecular weight excluding hydrogens is 216 g/mol. The van der Waals surface area contributed by atoms with Gasteiger partial charge in [-0.3, -0.25) is 0 Å². The summed E-state index contributed by atoms with van der Waals surface area (Å²) in [7, 11) is 0. The fourth-order valence-electron chi connectivity index (χ4n) is 4.35. The van der Waals surface area contributed by atoms with E-state index in [0.29, 0.717) is 5.41 Å². The molecule has 0 aromatic heterocycles. The van der Waals surface area contributed by atoms with Gasteiger partial charge in [-0.1, -0.05) is 51.5 Å². The van der Waals surface area contributed by atoms with E-state index in [1.807, 2.05) is 0 Å². The van der Waals surface area contributed by atoms with Crippen LogP contribution in [0.1, 0.15) is 52.9 Å². The summed E-state index contributed by atoms with van der Waals surface area (Å²) >= 11 is 0. The Balaban J connectivity index is 1.63. The Kier molecular flexibility index (Phi) is 3.00. The van der Waals surface area contributed by atoms with Crippen molar-refractivity contribution in [1.29, 1.82) is 0 Å². The lowest BCUT2D eigenvalue weighted by Gasteiger charge is -2.54. The van der Waals surface area contributed by atoms with Gasteiger partial charge in [0.05, 0.1) is 0 Å². The van der Waals surface area contributed by atoms with Crippen LogP contribution in [0.3, 0.4) is 0 Å². The number of fused-ring (bicyclic) bond motifs is 1. The summed E-state index contributed by atoms with van der Waals surface area (Å²) in [6.45, 7) is 7.22. The number of allylic oxidation sites excluding steroid dienone is 6. The molecule has 1 unspecified atom stereocenters. The van der Waals surface area contributed by atoms with Crippen molar-refractivity contribution in [2.75, 3.05) is 0 Å². The molecule has 0 aromatic rings. The summed E-state index contributed by atoms with van der Waals surface area (Å²) in [6, 6.07) is 0. The van der Waals surface area contributed by atoms with Gasteiger partial charge in [0.2, 0.25) is 0 Å². The maximum Gasteiger partial charge on any atom is -0.0239 e. The average molecular weight is 242 g/mol. The molecule has 3 aliphatic rings. The highest BCUT2D eigenvalue weighted by Crippen LogP contribution is 2.57. The second kappa shape index (κ2) is 4.40. The van der Waals surface area contributed by atoms with E-state index < -0.39 is 0 Å². The molecule has 0 heteroatoms. The van der Waals surface area contributed by atoms with Crippen molar-refractivity contribution in [2.45, 2.75) is 52.9 Å². The molecule has 0 amide bonds. The van der Waals surface area contributed by atoms with Crippen LogP contribution in [0.5, 0.6) is 0 Å². The first-order chi connectivity index (χ1) is 8.64. The monoisotopic (exact) mass is 242 g/mol. The van der Waals surface area contributed by atoms with E-state index in [1.165, 1.54) is 37.7 Å². The molecule has 0 bridgehead atoms. The Hall–Kier alpha value is -0.780. The fourth-order valence-corrected chi connectivity index (χ4v) is 4.35. The van der Waals surface area contributed by atoms with Gasteiger partial charge in [-0.05, 0) is 60.0 Å². The summed E-state index contributed by atoms with van der Waals surface area (Å²) in [5.41, 5.74) is 3.79. The molecule has 1 fully saturated rings. The molecule has 1 saturated carbocycles. The third-order valence-electron chi connectivity index (χ3n) is 6.00. The highest BCUT2D eigenvalue weighted by Gasteiger charge is 2.47. The molecule has 3 aliphatic carbocycles. The topological polar surface area (TPSA) is 0 Å². The van der Waals surface area contributed by atoms with Gasteiger partial charge in [0.25, 0.3) is 0 Å². The van der Waals surface area contributed by atoms with E-state index in [9.17, 15) is 0 Å². The molecule has 98 valence electrons. The van der Waals surface area contributed by atoms with Crippen LogP contribution in [0, 0.1) is 23.2 Å². The van der Waals surface area contributed by atoms with Crippen LogP contribution in [0.15, 0.2) is 35.5 Å². The van der Waals surface area contributed by atoms with Crippen molar-refractivity contribution >= 4 is 0 Å². The lowest BCUT2D eigenvalue weighted by molar-refractivity contribution is -0.0277. The van der Waals surface area contributed by atoms with Crippen LogP contribution in [-0.4, -0.2) is 0 Å². The Bertz CT molecular complexity index is 413. The summed E-state index contributed by atoms with van der Waals surface area (Å²) in [5, 5.41) is 0. The molecule has 0 spiro atoms. The van der Waals surface area contributed by atoms with Gasteiger partial charge in [-0.15, -0.1) is 0 Å². The van der Waals surface area contributed by atoms with E-state index in [4.69, 9.17) is 0 Å². The zero-order valence-corrected chi connectivity index (χ0v) is 12.1. The van der Waals surface area contributed by atoms with Crippen molar-refractivity contribution in [2.24, 2.45) is 23.2 Å². The van der Waals surface area contributed by atoms with Gasteiger partial charge in [0.15, 0.2) is 0 Å². The molecule has 3 rings (SSSR count). The van der Waals surface area contributed by atoms with Crippen LogP contribution in [-0.2, 0) is 0 Å². The highest BCUT2D eigenvalue weighted by atomic mass is 14.5. The molecule has 0 aromatic carbocycles. The van der Waals surface area contributed by atoms with Gasteiger partial charge in [0.1, 0.15) is 0 Å². The van der Waals surface area contributed by atoms with Crippen LogP contribution in [0.2, 0.25) is 0 Å². The van der Waals surface area contributed by atoms with Crippen LogP contribution >= 0.6 is 0 Å². The third-order valence-corrected chi connectivity index (χ3v) is 6.00. The van der Waals surface area contributed by atoms with E-state index in [2.05, 4.69) is 45.1 Å². The molecule has 1 atom stereocenters. The first-order valence-corrected chi connectivity index (χ1v) is 7.72. The van der Waals surface area contributed by atoms with Crippen molar-refractivity contribution in [3.05, 3.63) is 35.5 Å². The molecule has 18 heavy (non-hydrogen) atoms. The Morgan fingerprint density at radius 3 is 2.72 bits per heavy atom. The predicted octanol–water partition coefficient (Wildman–Crippen LogP) is 5.28. The van der Waals surface area contributed by atoms with Crippen molar-refractivity contribution in [3.63, 3.8) is 0 Å². The molecule has 0 saturated heterocycles. The van der Waals surface area contributed by atoms with Gasteiger partial charge in [-0.25, -0.2) is 0 Å². The highest BCUT2D eigenvalue weighted by molar-refractivity contribution is 5.49. The molecule has 0 radical (unpaired) electrons. The molecule has 0 N–H and O–H groups in total. The molecule has 0 nitrogen and oxygen atoms in total. The van der Waals surface area contributed by atoms with E-state index >= 15 is 0 Å². The summed E-state index contributed by atoms with van der Waals surface area (Å²) in [6.07, 6.45) is 16.3. The van der Waals surface area contributed by atoms with Gasteiger partial charge in [0, 0.05) is 0 Å². The fraction of sp³-hybridized carbons (Fsp3) is 0.667. The Morgan fingerprint density at radius 2 is 2.06 bits per heavy atom. The Morgan fingerprint density at radius 1 is 1.28 bits per heavy atom. The summed E-state index contributed by atoms with van der Waals surface area (Å²) in [4.78, 5) is 0. The van der Waals surface area contributed by atoms with Gasteiger partial charge >= 0.3 is 0 Å². The second-order valence-corrected chi connectivity index (χ2v) is 6.95. The third kappa shape index (κ3) is 1.81. The number of rotatable bonds is 3. The maximum atomic E-state index is 2.48. The minimum Gasteiger partial charge on any atom is -0.0767 e. The minimum atomic E-state index is 0.678. The lowest BCUT2D eigenvalue weighted by Crippen LogP contribution is -2.44. The molecule has 0 aliphatic heterocycles. The summed E-state index contributed by atoms with van der Waals surface area (Å²) < 4.78 is 0. The largest absolute Gasteiger partial charge is 0.0767 e. The standard InChI is InChI=1S/C18H26/c1-4-18(13(2)3)11-17(12-18)16-9-8-14-6-5-7-15(14)10-16/h5-8,13,16-17H,4,9-12H2,1-3H3. The van der Waals surface area contributed by atoms with E-state index in [0.717, 1.165) is 17.8 Å². The maximum absolute atomic E-state index is 2.48. The first kappa shape index (κ1) is 12.3. The van der Waals surface area contributed by atoms with Crippen LogP contribution < -0.4 is 0 Å². The van der Waals surface area contributed by atoms with Crippen molar-refractivity contribution in [1.82, 2.24) is 0 Å². The van der Waals surface area contributed by atoms with Crippen molar-refractivity contribution in [3.8, 4) is 0 Å².